The lowest BCUT2D eigenvalue weighted by atomic mass is 10.0. The fraction of sp³-hybridized carbons (Fsp3) is 0.125. The summed E-state index contributed by atoms with van der Waals surface area (Å²) in [7, 11) is 1.55. The van der Waals surface area contributed by atoms with E-state index in [1.165, 1.54) is 0 Å². The third kappa shape index (κ3) is 4.60. The Balaban J connectivity index is 1.36. The Morgan fingerprint density at radius 2 is 1.81 bits per heavy atom. The van der Waals surface area contributed by atoms with Gasteiger partial charge in [0.05, 0.1) is 7.11 Å². The number of carbonyl (C=O) groups is 2. The maximum absolute atomic E-state index is 12.5. The first-order chi connectivity index (χ1) is 15.5. The number of amides is 2. The number of para-hydroxylation sites is 1. The molecule has 4 N–H and O–H groups in total. The van der Waals surface area contributed by atoms with E-state index in [4.69, 9.17) is 14.9 Å². The lowest BCUT2D eigenvalue weighted by Gasteiger charge is -2.13. The van der Waals surface area contributed by atoms with Gasteiger partial charge in [-0.3, -0.25) is 14.6 Å². The SMILES string of the molecule is COc1cccc2cc(C(=O)NCC(N)c3ccc(C(=O)Nc4ccncc4)cc3)oc12. The predicted molar refractivity (Wildman–Crippen MR) is 121 cm³/mol. The zero-order valence-corrected chi connectivity index (χ0v) is 17.4. The Hall–Kier alpha value is -4.17. The Morgan fingerprint density at radius 1 is 1.06 bits per heavy atom. The topological polar surface area (TPSA) is 119 Å². The number of anilines is 1. The van der Waals surface area contributed by atoms with Gasteiger partial charge < -0.3 is 25.5 Å². The monoisotopic (exact) mass is 430 g/mol. The van der Waals surface area contributed by atoms with Crippen LogP contribution in [0.25, 0.3) is 11.0 Å². The zero-order chi connectivity index (χ0) is 22.5. The standard InChI is InChI=1S/C24H22N4O4/c1-31-20-4-2-3-17-13-21(32-22(17)20)24(30)27-14-19(25)15-5-7-16(8-6-15)23(29)28-18-9-11-26-12-10-18/h2-13,19H,14,25H2,1H3,(H,27,30)(H,26,28,29). The van der Waals surface area contributed by atoms with Crippen molar-refractivity contribution in [3.8, 4) is 5.75 Å². The molecule has 0 bridgehead atoms. The Kier molecular flexibility index (Phi) is 6.14. The molecule has 8 nitrogen and oxygen atoms in total. The molecule has 32 heavy (non-hydrogen) atoms. The fourth-order valence-corrected chi connectivity index (χ4v) is 3.24. The second-order valence-electron chi connectivity index (χ2n) is 7.12. The number of furan rings is 1. The van der Waals surface area contributed by atoms with Gasteiger partial charge in [0.2, 0.25) is 0 Å². The maximum atomic E-state index is 12.5. The number of carbonyl (C=O) groups excluding carboxylic acids is 2. The van der Waals surface area contributed by atoms with E-state index in [-0.39, 0.29) is 24.1 Å². The molecular weight excluding hydrogens is 408 g/mol. The van der Waals surface area contributed by atoms with Crippen LogP contribution < -0.4 is 21.1 Å². The fourth-order valence-electron chi connectivity index (χ4n) is 3.24. The molecule has 0 aliphatic heterocycles. The molecule has 2 aromatic carbocycles. The summed E-state index contributed by atoms with van der Waals surface area (Å²) in [4.78, 5) is 28.8. The van der Waals surface area contributed by atoms with Crippen LogP contribution in [0.5, 0.6) is 5.75 Å². The molecule has 0 saturated carbocycles. The van der Waals surface area contributed by atoms with Gasteiger partial charge in [-0.05, 0) is 42.0 Å². The number of nitrogens with one attached hydrogen (secondary N) is 2. The first-order valence-corrected chi connectivity index (χ1v) is 9.97. The molecule has 162 valence electrons. The van der Waals surface area contributed by atoms with Gasteiger partial charge in [-0.15, -0.1) is 0 Å². The highest BCUT2D eigenvalue weighted by Gasteiger charge is 2.16. The molecule has 1 atom stereocenters. The molecule has 2 aromatic heterocycles. The summed E-state index contributed by atoms with van der Waals surface area (Å²) in [6, 6.07) is 17.0. The van der Waals surface area contributed by atoms with E-state index in [1.54, 1.807) is 68.0 Å². The number of rotatable bonds is 7. The van der Waals surface area contributed by atoms with Crippen LogP contribution in [-0.2, 0) is 0 Å². The van der Waals surface area contributed by atoms with Gasteiger partial charge in [0, 0.05) is 41.6 Å². The van der Waals surface area contributed by atoms with Crippen molar-refractivity contribution in [2.75, 3.05) is 19.0 Å². The third-order valence-corrected chi connectivity index (χ3v) is 4.97. The first kappa shape index (κ1) is 21.1. The molecule has 4 aromatic rings. The maximum Gasteiger partial charge on any atom is 0.287 e. The van der Waals surface area contributed by atoms with E-state index in [0.29, 0.717) is 22.6 Å². The summed E-state index contributed by atoms with van der Waals surface area (Å²) in [5.74, 6) is 0.142. The number of fused-ring (bicyclic) bond motifs is 1. The molecule has 4 rings (SSSR count). The highest BCUT2D eigenvalue weighted by atomic mass is 16.5. The molecule has 0 fully saturated rings. The van der Waals surface area contributed by atoms with Crippen LogP contribution >= 0.6 is 0 Å². The zero-order valence-electron chi connectivity index (χ0n) is 17.4. The van der Waals surface area contributed by atoms with Crippen LogP contribution in [0, 0.1) is 0 Å². The summed E-state index contributed by atoms with van der Waals surface area (Å²) in [6.07, 6.45) is 3.21. The van der Waals surface area contributed by atoms with Crippen molar-refractivity contribution < 1.29 is 18.7 Å². The van der Waals surface area contributed by atoms with Gasteiger partial charge in [-0.2, -0.15) is 0 Å². The highest BCUT2D eigenvalue weighted by molar-refractivity contribution is 6.04. The number of nitrogens with two attached hydrogens (primary N) is 1. The summed E-state index contributed by atoms with van der Waals surface area (Å²) in [6.45, 7) is 0.204. The number of hydrogen-bond acceptors (Lipinski definition) is 6. The first-order valence-electron chi connectivity index (χ1n) is 9.97. The smallest absolute Gasteiger partial charge is 0.287 e. The number of nitrogens with zero attached hydrogens (tertiary/aromatic N) is 1. The molecule has 0 spiro atoms. The van der Waals surface area contributed by atoms with Crippen LogP contribution in [-0.4, -0.2) is 30.5 Å². The van der Waals surface area contributed by atoms with Crippen LogP contribution in [0.1, 0.15) is 32.5 Å². The van der Waals surface area contributed by atoms with Crippen molar-refractivity contribution in [3.63, 3.8) is 0 Å². The minimum Gasteiger partial charge on any atom is -0.493 e. The van der Waals surface area contributed by atoms with E-state index >= 15 is 0 Å². The molecule has 1 unspecified atom stereocenters. The lowest BCUT2D eigenvalue weighted by Crippen LogP contribution is -2.31. The van der Waals surface area contributed by atoms with Crippen molar-refractivity contribution in [2.24, 2.45) is 5.73 Å². The average Bonchev–Trinajstić information content (AvgIpc) is 3.28. The van der Waals surface area contributed by atoms with Crippen LogP contribution in [0.4, 0.5) is 5.69 Å². The summed E-state index contributed by atoms with van der Waals surface area (Å²) < 4.78 is 10.9. The van der Waals surface area contributed by atoms with Gasteiger partial charge >= 0.3 is 0 Å². The van der Waals surface area contributed by atoms with E-state index < -0.39 is 6.04 Å². The molecule has 0 aliphatic carbocycles. The van der Waals surface area contributed by atoms with E-state index in [2.05, 4.69) is 15.6 Å². The summed E-state index contributed by atoms with van der Waals surface area (Å²) in [5.41, 5.74) is 8.69. The van der Waals surface area contributed by atoms with Crippen LogP contribution in [0.3, 0.4) is 0 Å². The number of aromatic nitrogens is 1. The van der Waals surface area contributed by atoms with Crippen molar-refractivity contribution >= 4 is 28.5 Å². The number of benzene rings is 2. The number of methoxy groups -OCH3 is 1. The Morgan fingerprint density at radius 3 is 2.53 bits per heavy atom. The van der Waals surface area contributed by atoms with Crippen LogP contribution in [0.15, 0.2) is 77.5 Å². The number of pyridine rings is 1. The minimum atomic E-state index is -0.449. The minimum absolute atomic E-state index is 0.180. The highest BCUT2D eigenvalue weighted by Crippen LogP contribution is 2.28. The molecule has 2 heterocycles. The molecule has 0 radical (unpaired) electrons. The van der Waals surface area contributed by atoms with E-state index in [0.717, 1.165) is 10.9 Å². The third-order valence-electron chi connectivity index (χ3n) is 4.97. The van der Waals surface area contributed by atoms with E-state index in [9.17, 15) is 9.59 Å². The Bertz CT molecular complexity index is 1240. The number of ether oxygens (including phenoxy) is 1. The lowest BCUT2D eigenvalue weighted by molar-refractivity contribution is 0.0925. The van der Waals surface area contributed by atoms with Gasteiger partial charge in [0.25, 0.3) is 11.8 Å². The molecule has 2 amide bonds. The van der Waals surface area contributed by atoms with Gasteiger partial charge in [-0.25, -0.2) is 0 Å². The summed E-state index contributed by atoms with van der Waals surface area (Å²) >= 11 is 0. The second kappa shape index (κ2) is 9.32. The quantitative estimate of drug-likeness (QED) is 0.413. The molecule has 0 saturated heterocycles. The normalized spacial score (nSPS) is 11.7. The molecule has 8 heteroatoms. The Labute approximate surface area is 184 Å². The van der Waals surface area contributed by atoms with E-state index in [1.807, 2.05) is 12.1 Å². The summed E-state index contributed by atoms with van der Waals surface area (Å²) in [5, 5.41) is 6.36. The van der Waals surface area contributed by atoms with Crippen molar-refractivity contribution in [3.05, 3.63) is 89.9 Å². The van der Waals surface area contributed by atoms with Crippen LogP contribution in [0.2, 0.25) is 0 Å². The van der Waals surface area contributed by atoms with Crippen molar-refractivity contribution in [1.82, 2.24) is 10.3 Å². The van der Waals surface area contributed by atoms with Gasteiger partial charge in [0.15, 0.2) is 17.1 Å². The molecule has 0 aliphatic rings. The van der Waals surface area contributed by atoms with Crippen molar-refractivity contribution in [1.29, 1.82) is 0 Å². The predicted octanol–water partition coefficient (Wildman–Crippen LogP) is 3.52. The second-order valence-corrected chi connectivity index (χ2v) is 7.12. The van der Waals surface area contributed by atoms with Gasteiger partial charge in [-0.1, -0.05) is 24.3 Å². The van der Waals surface area contributed by atoms with Crippen molar-refractivity contribution in [2.45, 2.75) is 6.04 Å². The molecular formula is C24H22N4O4. The van der Waals surface area contributed by atoms with Gasteiger partial charge in [0.1, 0.15) is 0 Å². The number of hydrogen-bond donors (Lipinski definition) is 3. The largest absolute Gasteiger partial charge is 0.493 e. The average molecular weight is 430 g/mol.